The van der Waals surface area contributed by atoms with Gasteiger partial charge in [0, 0.05) is 48.2 Å². The number of anilines is 1. The zero-order valence-corrected chi connectivity index (χ0v) is 16.6. The molecule has 7 nitrogen and oxygen atoms in total. The number of piperidine rings is 1. The highest BCUT2D eigenvalue weighted by atomic mass is 35.5. The van der Waals surface area contributed by atoms with Crippen LogP contribution in [0.5, 0.6) is 0 Å². The standard InChI is InChI=1S/C19H20ClN5O2S/c20-15-3-5-17(6-4-15)28(26,27)24-16-2-1-11-25(13-16)19-12-18(22-23-19)14-7-9-21-10-8-14/h3-10,12,16,24H,1-2,11,13H2,(H,22,23)/t16-/m0/s1. The monoisotopic (exact) mass is 417 g/mol. The quantitative estimate of drug-likeness (QED) is 0.665. The van der Waals surface area contributed by atoms with E-state index in [1.54, 1.807) is 24.5 Å². The van der Waals surface area contributed by atoms with Crippen molar-refractivity contribution in [3.63, 3.8) is 0 Å². The molecular weight excluding hydrogens is 398 g/mol. The molecule has 0 radical (unpaired) electrons. The lowest BCUT2D eigenvalue weighted by Crippen LogP contribution is -2.47. The molecule has 28 heavy (non-hydrogen) atoms. The minimum atomic E-state index is -3.59. The predicted octanol–water partition coefficient (Wildman–Crippen LogP) is 3.07. The summed E-state index contributed by atoms with van der Waals surface area (Å²) in [6.45, 7) is 1.40. The number of aromatic nitrogens is 3. The van der Waals surface area contributed by atoms with Gasteiger partial charge in [0.2, 0.25) is 10.0 Å². The number of nitrogens with one attached hydrogen (secondary N) is 2. The largest absolute Gasteiger partial charge is 0.354 e. The number of rotatable bonds is 5. The number of hydrogen-bond donors (Lipinski definition) is 2. The van der Waals surface area contributed by atoms with Crippen LogP contribution in [-0.2, 0) is 10.0 Å². The molecule has 1 aromatic carbocycles. The van der Waals surface area contributed by atoms with Gasteiger partial charge < -0.3 is 4.90 Å². The summed E-state index contributed by atoms with van der Waals surface area (Å²) in [6.07, 6.45) is 5.13. The SMILES string of the molecule is O=S(=O)(N[C@H]1CCCN(c2cc(-c3ccncc3)[nH]n2)C1)c1ccc(Cl)cc1. The number of sulfonamides is 1. The molecule has 1 aliphatic heterocycles. The van der Waals surface area contributed by atoms with Crippen molar-refractivity contribution >= 4 is 27.4 Å². The Labute approximate surface area is 168 Å². The second kappa shape index (κ2) is 7.90. The van der Waals surface area contributed by atoms with Crippen LogP contribution in [0.15, 0.2) is 59.8 Å². The Hall–Kier alpha value is -2.42. The molecule has 3 heterocycles. The summed E-state index contributed by atoms with van der Waals surface area (Å²) < 4.78 is 28.1. The fourth-order valence-corrected chi connectivity index (χ4v) is 4.72. The van der Waals surface area contributed by atoms with Gasteiger partial charge in [-0.1, -0.05) is 11.6 Å². The van der Waals surface area contributed by atoms with E-state index in [2.05, 4.69) is 24.8 Å². The first-order valence-electron chi connectivity index (χ1n) is 9.00. The Morgan fingerprint density at radius 3 is 2.64 bits per heavy atom. The topological polar surface area (TPSA) is 91.0 Å². The third-order valence-corrected chi connectivity index (χ3v) is 6.54. The number of pyridine rings is 1. The number of H-pyrrole nitrogens is 1. The number of benzene rings is 1. The Balaban J connectivity index is 1.46. The summed E-state index contributed by atoms with van der Waals surface area (Å²) in [4.78, 5) is 6.34. The van der Waals surface area contributed by atoms with E-state index in [9.17, 15) is 8.42 Å². The van der Waals surface area contributed by atoms with Gasteiger partial charge >= 0.3 is 0 Å². The number of halogens is 1. The molecule has 0 saturated carbocycles. The fourth-order valence-electron chi connectivity index (χ4n) is 3.34. The minimum Gasteiger partial charge on any atom is -0.354 e. The molecule has 1 fully saturated rings. The van der Waals surface area contributed by atoms with Crippen molar-refractivity contribution in [3.8, 4) is 11.3 Å². The van der Waals surface area contributed by atoms with E-state index >= 15 is 0 Å². The first kappa shape index (κ1) is 18.9. The average molecular weight is 418 g/mol. The highest BCUT2D eigenvalue weighted by molar-refractivity contribution is 7.89. The first-order valence-corrected chi connectivity index (χ1v) is 10.9. The molecule has 3 aromatic rings. The summed E-state index contributed by atoms with van der Waals surface area (Å²) in [5.41, 5.74) is 1.91. The smallest absolute Gasteiger partial charge is 0.240 e. The van der Waals surface area contributed by atoms with Crippen molar-refractivity contribution in [2.75, 3.05) is 18.0 Å². The summed E-state index contributed by atoms with van der Waals surface area (Å²) >= 11 is 5.85. The lowest BCUT2D eigenvalue weighted by molar-refractivity contribution is 0.464. The van der Waals surface area contributed by atoms with Crippen molar-refractivity contribution < 1.29 is 8.42 Å². The maximum Gasteiger partial charge on any atom is 0.240 e. The predicted molar refractivity (Wildman–Crippen MR) is 109 cm³/mol. The van der Waals surface area contributed by atoms with Crippen LogP contribution in [0.25, 0.3) is 11.3 Å². The Morgan fingerprint density at radius 1 is 1.14 bits per heavy atom. The molecule has 1 atom stereocenters. The molecule has 2 N–H and O–H groups in total. The Morgan fingerprint density at radius 2 is 1.89 bits per heavy atom. The van der Waals surface area contributed by atoms with Gasteiger partial charge in [-0.3, -0.25) is 10.1 Å². The molecule has 0 aliphatic carbocycles. The van der Waals surface area contributed by atoms with Gasteiger partial charge in [-0.05, 0) is 49.2 Å². The molecule has 0 bridgehead atoms. The van der Waals surface area contributed by atoms with Crippen LogP contribution in [0.1, 0.15) is 12.8 Å². The molecule has 0 spiro atoms. The van der Waals surface area contributed by atoms with Crippen LogP contribution in [0.3, 0.4) is 0 Å². The summed E-state index contributed by atoms with van der Waals surface area (Å²) in [5, 5.41) is 7.95. The normalized spacial score (nSPS) is 17.6. The van der Waals surface area contributed by atoms with Gasteiger partial charge in [0.05, 0.1) is 10.6 Å². The summed E-state index contributed by atoms with van der Waals surface area (Å²) in [6, 6.07) is 11.8. The highest BCUT2D eigenvalue weighted by Crippen LogP contribution is 2.24. The zero-order chi connectivity index (χ0) is 19.6. The molecule has 4 rings (SSSR count). The van der Waals surface area contributed by atoms with E-state index in [-0.39, 0.29) is 10.9 Å². The first-order chi connectivity index (χ1) is 13.5. The lowest BCUT2D eigenvalue weighted by atomic mass is 10.1. The number of hydrogen-bond acceptors (Lipinski definition) is 5. The molecule has 0 unspecified atom stereocenters. The molecule has 1 saturated heterocycles. The van der Waals surface area contributed by atoms with E-state index in [1.165, 1.54) is 12.1 Å². The second-order valence-electron chi connectivity index (χ2n) is 6.74. The van der Waals surface area contributed by atoms with E-state index in [1.807, 2.05) is 18.2 Å². The van der Waals surface area contributed by atoms with E-state index in [4.69, 9.17) is 11.6 Å². The van der Waals surface area contributed by atoms with Gasteiger partial charge in [-0.25, -0.2) is 13.1 Å². The van der Waals surface area contributed by atoms with Crippen molar-refractivity contribution in [2.24, 2.45) is 0 Å². The lowest BCUT2D eigenvalue weighted by Gasteiger charge is -2.33. The average Bonchev–Trinajstić information content (AvgIpc) is 3.19. The molecule has 0 amide bonds. The maximum atomic E-state index is 12.6. The highest BCUT2D eigenvalue weighted by Gasteiger charge is 2.26. The van der Waals surface area contributed by atoms with Crippen molar-refractivity contribution in [1.82, 2.24) is 19.9 Å². The van der Waals surface area contributed by atoms with E-state index in [0.29, 0.717) is 11.6 Å². The van der Waals surface area contributed by atoms with Crippen LogP contribution in [0, 0.1) is 0 Å². The van der Waals surface area contributed by atoms with Crippen LogP contribution < -0.4 is 9.62 Å². The minimum absolute atomic E-state index is 0.185. The third-order valence-electron chi connectivity index (χ3n) is 4.75. The van der Waals surface area contributed by atoms with Gasteiger partial charge in [0.25, 0.3) is 0 Å². The van der Waals surface area contributed by atoms with Crippen molar-refractivity contribution in [2.45, 2.75) is 23.8 Å². The van der Waals surface area contributed by atoms with Crippen LogP contribution in [-0.4, -0.2) is 42.7 Å². The second-order valence-corrected chi connectivity index (χ2v) is 8.89. The Kier molecular flexibility index (Phi) is 5.34. The van der Waals surface area contributed by atoms with Crippen LogP contribution in [0.4, 0.5) is 5.82 Å². The molecule has 1 aliphatic rings. The molecule has 9 heteroatoms. The number of nitrogens with zero attached hydrogens (tertiary/aromatic N) is 3. The van der Waals surface area contributed by atoms with Crippen LogP contribution in [0.2, 0.25) is 5.02 Å². The molecule has 2 aromatic heterocycles. The fraction of sp³-hybridized carbons (Fsp3) is 0.263. The van der Waals surface area contributed by atoms with Gasteiger partial charge in [-0.2, -0.15) is 5.10 Å². The number of aromatic amines is 1. The third kappa shape index (κ3) is 4.19. The van der Waals surface area contributed by atoms with Gasteiger partial charge in [0.1, 0.15) is 0 Å². The zero-order valence-electron chi connectivity index (χ0n) is 15.0. The maximum absolute atomic E-state index is 12.6. The van der Waals surface area contributed by atoms with Crippen molar-refractivity contribution in [1.29, 1.82) is 0 Å². The Bertz CT molecular complexity index is 1040. The van der Waals surface area contributed by atoms with Crippen molar-refractivity contribution in [3.05, 3.63) is 59.9 Å². The molecular formula is C19H20ClN5O2S. The van der Waals surface area contributed by atoms with Crippen LogP contribution >= 0.6 is 11.6 Å². The molecule has 146 valence electrons. The summed E-state index contributed by atoms with van der Waals surface area (Å²) in [5.74, 6) is 0.808. The van der Waals surface area contributed by atoms with Gasteiger partial charge in [-0.15, -0.1) is 0 Å². The summed E-state index contributed by atoms with van der Waals surface area (Å²) in [7, 11) is -3.59. The van der Waals surface area contributed by atoms with E-state index < -0.39 is 10.0 Å². The van der Waals surface area contributed by atoms with E-state index in [0.717, 1.165) is 36.5 Å². The van der Waals surface area contributed by atoms with Gasteiger partial charge in [0.15, 0.2) is 5.82 Å².